The predicted molar refractivity (Wildman–Crippen MR) is 99.1 cm³/mol. The molecule has 0 radical (unpaired) electrons. The molecule has 0 saturated carbocycles. The molecule has 0 aliphatic heterocycles. The first-order chi connectivity index (χ1) is 13.7. The van der Waals surface area contributed by atoms with Crippen molar-refractivity contribution >= 4 is 28.8 Å². The highest BCUT2D eigenvalue weighted by atomic mass is 32.1. The lowest BCUT2D eigenvalue weighted by Crippen LogP contribution is -2.44. The highest BCUT2D eigenvalue weighted by Gasteiger charge is 2.35. The van der Waals surface area contributed by atoms with Crippen molar-refractivity contribution in [3.63, 3.8) is 0 Å². The second-order valence-electron chi connectivity index (χ2n) is 6.06. The topological polar surface area (TPSA) is 91.6 Å². The van der Waals surface area contributed by atoms with Crippen LogP contribution in [0.1, 0.15) is 16.0 Å². The molecule has 3 N–H and O–H groups in total. The van der Waals surface area contributed by atoms with Crippen molar-refractivity contribution in [2.24, 2.45) is 0 Å². The number of carbonyl (C=O) groups excluding carboxylic acids is 2. The second-order valence-corrected chi connectivity index (χ2v) is 7.01. The van der Waals surface area contributed by atoms with E-state index in [1.165, 1.54) is 36.0 Å². The molecule has 29 heavy (non-hydrogen) atoms. The number of aliphatic hydroxyl groups is 1. The normalized spacial score (nSPS) is 13.5. The van der Waals surface area contributed by atoms with Gasteiger partial charge in [-0.05, 0) is 35.7 Å². The minimum Gasteiger partial charge on any atom is -0.472 e. The first-order valence-corrected chi connectivity index (χ1v) is 9.13. The summed E-state index contributed by atoms with van der Waals surface area (Å²) in [4.78, 5) is 24.7. The van der Waals surface area contributed by atoms with Crippen molar-refractivity contribution in [3.05, 3.63) is 76.4 Å². The molecule has 2 amide bonds. The molecule has 0 saturated heterocycles. The highest BCUT2D eigenvalue weighted by molar-refractivity contribution is 7.10. The van der Waals surface area contributed by atoms with E-state index in [-0.39, 0.29) is 12.2 Å². The number of hydrogen-bond acceptors (Lipinski definition) is 5. The summed E-state index contributed by atoms with van der Waals surface area (Å²) in [6.07, 6.45) is -1.91. The Morgan fingerprint density at radius 1 is 1.07 bits per heavy atom. The third kappa shape index (κ3) is 4.66. The van der Waals surface area contributed by atoms with Crippen molar-refractivity contribution in [1.82, 2.24) is 5.32 Å². The Labute approximate surface area is 167 Å². The van der Waals surface area contributed by atoms with Crippen LogP contribution >= 0.6 is 11.3 Å². The molecule has 152 valence electrons. The van der Waals surface area contributed by atoms with Gasteiger partial charge in [0.25, 0.3) is 0 Å². The number of benzene rings is 1. The zero-order valence-electron chi connectivity index (χ0n) is 14.7. The van der Waals surface area contributed by atoms with E-state index in [0.717, 1.165) is 18.2 Å². The van der Waals surface area contributed by atoms with Gasteiger partial charge in [-0.2, -0.15) is 13.2 Å². The van der Waals surface area contributed by atoms with Gasteiger partial charge in [-0.1, -0.05) is 12.1 Å². The minimum atomic E-state index is -4.58. The molecule has 6 nitrogen and oxygen atoms in total. The Balaban J connectivity index is 1.69. The molecule has 2 heterocycles. The third-order valence-corrected chi connectivity index (χ3v) is 5.11. The Morgan fingerprint density at radius 2 is 1.86 bits per heavy atom. The van der Waals surface area contributed by atoms with Gasteiger partial charge in [-0.15, -0.1) is 11.3 Å². The number of amides is 2. The number of nitrogens with one attached hydrogen (secondary N) is 2. The summed E-state index contributed by atoms with van der Waals surface area (Å²) in [5, 5.41) is 17.2. The van der Waals surface area contributed by atoms with Crippen molar-refractivity contribution in [3.8, 4) is 0 Å². The molecule has 0 spiro atoms. The number of rotatable bonds is 5. The molecule has 3 aromatic rings. The van der Waals surface area contributed by atoms with Crippen LogP contribution in [0.5, 0.6) is 0 Å². The molecule has 0 aliphatic carbocycles. The zero-order chi connectivity index (χ0) is 21.1. The van der Waals surface area contributed by atoms with Gasteiger partial charge in [0.1, 0.15) is 5.60 Å². The molecule has 1 atom stereocenters. The number of carbonyl (C=O) groups is 2. The number of anilines is 1. The summed E-state index contributed by atoms with van der Waals surface area (Å²) in [6.45, 7) is -0.345. The van der Waals surface area contributed by atoms with E-state index in [1.54, 1.807) is 17.5 Å². The van der Waals surface area contributed by atoms with Crippen LogP contribution in [-0.4, -0.2) is 23.5 Å². The van der Waals surface area contributed by atoms with E-state index in [4.69, 9.17) is 4.42 Å². The third-order valence-electron chi connectivity index (χ3n) is 4.09. The van der Waals surface area contributed by atoms with E-state index < -0.39 is 29.2 Å². The molecular weight excluding hydrogens is 409 g/mol. The van der Waals surface area contributed by atoms with E-state index in [2.05, 4.69) is 10.6 Å². The quantitative estimate of drug-likeness (QED) is 0.548. The Bertz CT molecular complexity index is 951. The van der Waals surface area contributed by atoms with Crippen LogP contribution in [0.15, 0.2) is 64.8 Å². The van der Waals surface area contributed by atoms with Gasteiger partial charge >= 0.3 is 18.0 Å². The minimum absolute atomic E-state index is 0.177. The number of hydrogen-bond donors (Lipinski definition) is 3. The lowest BCUT2D eigenvalue weighted by molar-refractivity contribution is -0.137. The number of thiophene rings is 1. The van der Waals surface area contributed by atoms with Gasteiger partial charge in [0.15, 0.2) is 0 Å². The zero-order valence-corrected chi connectivity index (χ0v) is 15.5. The Hall–Kier alpha value is -3.11. The lowest BCUT2D eigenvalue weighted by Gasteiger charge is -2.26. The SMILES string of the molecule is O=C(NC[C@@](O)(c1ccoc1)c1cccs1)C(=O)Nc1cccc(C(F)(F)F)c1. The lowest BCUT2D eigenvalue weighted by atomic mass is 9.94. The van der Waals surface area contributed by atoms with E-state index in [1.807, 2.05) is 0 Å². The van der Waals surface area contributed by atoms with E-state index >= 15 is 0 Å². The fourth-order valence-electron chi connectivity index (χ4n) is 2.59. The molecule has 0 fully saturated rings. The predicted octanol–water partition coefficient (Wildman–Crippen LogP) is 3.35. The summed E-state index contributed by atoms with van der Waals surface area (Å²) in [5.41, 5.74) is -2.39. The van der Waals surface area contributed by atoms with Gasteiger partial charge in [0.05, 0.1) is 24.6 Å². The van der Waals surface area contributed by atoms with Gasteiger partial charge in [-0.3, -0.25) is 9.59 Å². The molecular formula is C19H15F3N2O4S. The van der Waals surface area contributed by atoms with Gasteiger partial charge < -0.3 is 20.2 Å². The number of halogens is 3. The average Bonchev–Trinajstić information content (AvgIpc) is 3.39. The van der Waals surface area contributed by atoms with Gasteiger partial charge in [-0.25, -0.2) is 0 Å². The molecule has 0 bridgehead atoms. The molecule has 1 aromatic carbocycles. The first-order valence-electron chi connectivity index (χ1n) is 8.25. The van der Waals surface area contributed by atoms with Gasteiger partial charge in [0.2, 0.25) is 0 Å². The van der Waals surface area contributed by atoms with Crippen LogP contribution in [0.25, 0.3) is 0 Å². The van der Waals surface area contributed by atoms with Crippen LogP contribution in [-0.2, 0) is 21.4 Å². The van der Waals surface area contributed by atoms with Crippen molar-refractivity contribution in [2.45, 2.75) is 11.8 Å². The highest BCUT2D eigenvalue weighted by Crippen LogP contribution is 2.33. The maximum atomic E-state index is 12.8. The monoisotopic (exact) mass is 424 g/mol. The molecule has 2 aromatic heterocycles. The Kier molecular flexibility index (Phi) is 5.76. The van der Waals surface area contributed by atoms with E-state index in [0.29, 0.717) is 10.4 Å². The number of alkyl halides is 3. The van der Waals surface area contributed by atoms with Crippen molar-refractivity contribution in [2.75, 3.05) is 11.9 Å². The molecule has 0 aliphatic rings. The van der Waals surface area contributed by atoms with Crippen molar-refractivity contribution in [1.29, 1.82) is 0 Å². The smallest absolute Gasteiger partial charge is 0.416 e. The van der Waals surface area contributed by atoms with E-state index in [9.17, 15) is 27.9 Å². The molecule has 0 unspecified atom stereocenters. The maximum Gasteiger partial charge on any atom is 0.416 e. The first kappa shape index (κ1) is 20.6. The standard InChI is InChI=1S/C19H15F3N2O4S/c20-19(21,22)12-3-1-4-14(9-12)24-17(26)16(25)23-11-18(27,13-6-7-28-10-13)15-5-2-8-29-15/h1-10,27H,11H2,(H,23,25)(H,24,26)/t18-/m1/s1. The van der Waals surface area contributed by atoms with Crippen LogP contribution in [0.3, 0.4) is 0 Å². The fraction of sp³-hybridized carbons (Fsp3) is 0.158. The van der Waals surface area contributed by atoms with Crippen LogP contribution in [0.4, 0.5) is 18.9 Å². The summed E-state index contributed by atoms with van der Waals surface area (Å²) < 4.78 is 43.3. The maximum absolute atomic E-state index is 12.8. The summed E-state index contributed by atoms with van der Waals surface area (Å²) >= 11 is 1.24. The summed E-state index contributed by atoms with van der Waals surface area (Å²) in [5.74, 6) is -2.27. The van der Waals surface area contributed by atoms with Crippen LogP contribution in [0, 0.1) is 0 Å². The average molecular weight is 424 g/mol. The molecule has 10 heteroatoms. The van der Waals surface area contributed by atoms with Gasteiger partial charge in [0, 0.05) is 16.1 Å². The summed E-state index contributed by atoms with van der Waals surface area (Å²) in [7, 11) is 0. The Morgan fingerprint density at radius 3 is 2.48 bits per heavy atom. The summed E-state index contributed by atoms with van der Waals surface area (Å²) in [6, 6.07) is 8.81. The van der Waals surface area contributed by atoms with Crippen LogP contribution < -0.4 is 10.6 Å². The molecule has 3 rings (SSSR count). The second kappa shape index (κ2) is 8.10. The van der Waals surface area contributed by atoms with Crippen LogP contribution in [0.2, 0.25) is 0 Å². The number of furan rings is 1. The largest absolute Gasteiger partial charge is 0.472 e. The fourth-order valence-corrected chi connectivity index (χ4v) is 3.44. The van der Waals surface area contributed by atoms with Crippen molar-refractivity contribution < 1.29 is 32.3 Å².